The molecular weight excluding hydrogens is 402 g/mol. The Morgan fingerprint density at radius 1 is 1.17 bits per heavy atom. The average molecular weight is 428 g/mol. The monoisotopic (exact) mass is 427 g/mol. The van der Waals surface area contributed by atoms with Gasteiger partial charge >= 0.3 is 5.69 Å². The lowest BCUT2D eigenvalue weighted by molar-refractivity contribution is -0.129. The number of aromatic nitrogens is 2. The molecule has 0 spiro atoms. The highest BCUT2D eigenvalue weighted by Crippen LogP contribution is 2.13. The highest BCUT2D eigenvalue weighted by molar-refractivity contribution is 7.10. The number of carbonyl (C=O) groups is 2. The maximum atomic E-state index is 12.5. The summed E-state index contributed by atoms with van der Waals surface area (Å²) in [5.41, 5.74) is 4.73. The molecule has 9 heteroatoms. The van der Waals surface area contributed by atoms with Gasteiger partial charge in [0.25, 0.3) is 5.91 Å². The molecule has 0 bridgehead atoms. The third-order valence-corrected chi connectivity index (χ3v) is 5.74. The van der Waals surface area contributed by atoms with Gasteiger partial charge in [-0.3, -0.25) is 18.7 Å². The molecule has 3 aromatic rings. The number of benzene rings is 1. The molecule has 0 saturated carbocycles. The van der Waals surface area contributed by atoms with Crippen molar-refractivity contribution in [3.8, 4) is 0 Å². The molecule has 0 saturated heterocycles. The van der Waals surface area contributed by atoms with Crippen molar-refractivity contribution in [1.82, 2.24) is 19.9 Å². The summed E-state index contributed by atoms with van der Waals surface area (Å²) in [6, 6.07) is 8.57. The first-order valence-electron chi connectivity index (χ1n) is 9.58. The predicted molar refractivity (Wildman–Crippen MR) is 119 cm³/mol. The molecule has 8 nitrogen and oxygen atoms in total. The van der Waals surface area contributed by atoms with E-state index in [9.17, 15) is 14.4 Å². The van der Waals surface area contributed by atoms with E-state index in [4.69, 9.17) is 0 Å². The Morgan fingerprint density at radius 2 is 1.90 bits per heavy atom. The van der Waals surface area contributed by atoms with Crippen molar-refractivity contribution in [3.05, 3.63) is 56.6 Å². The normalized spacial score (nSPS) is 12.6. The SMILES string of the molecule is CC(C)[C@H](NC(=O)Cc1cccs1)C(=O)N/N=C\c1ccc2c(c1)n(C)c(=O)n2C. The van der Waals surface area contributed by atoms with Crippen molar-refractivity contribution in [2.24, 2.45) is 25.1 Å². The summed E-state index contributed by atoms with van der Waals surface area (Å²) in [5.74, 6) is -0.678. The molecule has 1 atom stereocenters. The number of thiophene rings is 1. The largest absolute Gasteiger partial charge is 0.344 e. The van der Waals surface area contributed by atoms with E-state index in [1.54, 1.807) is 23.2 Å². The van der Waals surface area contributed by atoms with Gasteiger partial charge in [-0.2, -0.15) is 5.10 Å². The Labute approximate surface area is 178 Å². The Morgan fingerprint density at radius 3 is 2.57 bits per heavy atom. The molecule has 3 rings (SSSR count). The van der Waals surface area contributed by atoms with Crippen LogP contribution in [-0.2, 0) is 30.1 Å². The Hall–Kier alpha value is -3.20. The van der Waals surface area contributed by atoms with Crippen LogP contribution in [0.1, 0.15) is 24.3 Å². The number of aryl methyl sites for hydroxylation is 2. The molecule has 158 valence electrons. The molecule has 2 N–H and O–H groups in total. The lowest BCUT2D eigenvalue weighted by atomic mass is 10.0. The van der Waals surface area contributed by atoms with Crippen molar-refractivity contribution < 1.29 is 9.59 Å². The second-order valence-corrected chi connectivity index (χ2v) is 8.46. The summed E-state index contributed by atoms with van der Waals surface area (Å²) in [4.78, 5) is 37.8. The summed E-state index contributed by atoms with van der Waals surface area (Å²) in [7, 11) is 3.43. The Kier molecular flexibility index (Phi) is 6.51. The van der Waals surface area contributed by atoms with Crippen LogP contribution in [0.4, 0.5) is 0 Å². The molecule has 0 unspecified atom stereocenters. The van der Waals surface area contributed by atoms with E-state index in [-0.39, 0.29) is 29.8 Å². The zero-order valence-corrected chi connectivity index (χ0v) is 18.2. The fourth-order valence-corrected chi connectivity index (χ4v) is 3.88. The zero-order chi connectivity index (χ0) is 21.8. The van der Waals surface area contributed by atoms with E-state index < -0.39 is 6.04 Å². The minimum absolute atomic E-state index is 0.0947. The maximum Gasteiger partial charge on any atom is 0.328 e. The molecular formula is C21H25N5O3S. The molecule has 0 aliphatic rings. The van der Waals surface area contributed by atoms with Crippen LogP contribution in [0.5, 0.6) is 0 Å². The topological polar surface area (TPSA) is 97.5 Å². The fourth-order valence-electron chi connectivity index (χ4n) is 3.17. The highest BCUT2D eigenvalue weighted by Gasteiger charge is 2.24. The molecule has 2 aromatic heterocycles. The standard InChI is InChI=1S/C21H25N5O3S/c1-13(2)19(23-18(27)11-15-6-5-9-30-15)20(28)24-22-12-14-7-8-16-17(10-14)26(4)21(29)25(16)3/h5-10,12-13,19H,11H2,1-4H3,(H,23,27)(H,24,28)/b22-12-/t19-/m0/s1. The highest BCUT2D eigenvalue weighted by atomic mass is 32.1. The number of amides is 2. The molecule has 0 aliphatic carbocycles. The summed E-state index contributed by atoms with van der Waals surface area (Å²) >= 11 is 1.50. The van der Waals surface area contributed by atoms with Gasteiger partial charge in [-0.1, -0.05) is 26.0 Å². The van der Waals surface area contributed by atoms with Crippen LogP contribution in [-0.4, -0.2) is 33.2 Å². The van der Waals surface area contributed by atoms with Gasteiger partial charge in [-0.25, -0.2) is 10.2 Å². The van der Waals surface area contributed by atoms with Crippen LogP contribution in [0.2, 0.25) is 0 Å². The predicted octanol–water partition coefficient (Wildman–Crippen LogP) is 1.77. The number of nitrogens with one attached hydrogen (secondary N) is 2. The Balaban J connectivity index is 1.65. The first-order chi connectivity index (χ1) is 14.3. The molecule has 0 radical (unpaired) electrons. The first-order valence-corrected chi connectivity index (χ1v) is 10.5. The van der Waals surface area contributed by atoms with Gasteiger partial charge in [0.05, 0.1) is 23.7 Å². The van der Waals surface area contributed by atoms with Crippen LogP contribution < -0.4 is 16.4 Å². The number of fused-ring (bicyclic) bond motifs is 1. The quantitative estimate of drug-likeness (QED) is 0.444. The summed E-state index contributed by atoms with van der Waals surface area (Å²) in [6.07, 6.45) is 1.76. The smallest absolute Gasteiger partial charge is 0.328 e. The van der Waals surface area contributed by atoms with E-state index in [1.165, 1.54) is 17.6 Å². The maximum absolute atomic E-state index is 12.5. The molecule has 2 heterocycles. The Bertz CT molecular complexity index is 1140. The van der Waals surface area contributed by atoms with Gasteiger partial charge < -0.3 is 5.32 Å². The molecule has 0 aliphatic heterocycles. The number of carbonyl (C=O) groups excluding carboxylic acids is 2. The van der Waals surface area contributed by atoms with E-state index in [0.717, 1.165) is 21.5 Å². The van der Waals surface area contributed by atoms with Crippen LogP contribution >= 0.6 is 11.3 Å². The third-order valence-electron chi connectivity index (χ3n) is 4.86. The van der Waals surface area contributed by atoms with Gasteiger partial charge in [0.2, 0.25) is 5.91 Å². The summed E-state index contributed by atoms with van der Waals surface area (Å²) < 4.78 is 3.13. The number of nitrogens with zero attached hydrogens (tertiary/aromatic N) is 3. The van der Waals surface area contributed by atoms with Crippen molar-refractivity contribution in [2.75, 3.05) is 0 Å². The number of hydrazone groups is 1. The van der Waals surface area contributed by atoms with E-state index in [0.29, 0.717) is 0 Å². The zero-order valence-electron chi connectivity index (χ0n) is 17.4. The van der Waals surface area contributed by atoms with Crippen molar-refractivity contribution >= 4 is 40.4 Å². The third kappa shape index (κ3) is 4.68. The van der Waals surface area contributed by atoms with E-state index >= 15 is 0 Å². The first kappa shape index (κ1) is 21.5. The number of hydrogen-bond acceptors (Lipinski definition) is 5. The second-order valence-electron chi connectivity index (χ2n) is 7.43. The van der Waals surface area contributed by atoms with Crippen molar-refractivity contribution in [3.63, 3.8) is 0 Å². The minimum Gasteiger partial charge on any atom is -0.344 e. The van der Waals surface area contributed by atoms with Gasteiger partial charge in [0.15, 0.2) is 0 Å². The molecule has 1 aromatic carbocycles. The number of rotatable bonds is 7. The van der Waals surface area contributed by atoms with Crippen LogP contribution in [0.25, 0.3) is 11.0 Å². The van der Waals surface area contributed by atoms with E-state index in [1.807, 2.05) is 49.6 Å². The van der Waals surface area contributed by atoms with Crippen LogP contribution in [0.15, 0.2) is 45.6 Å². The summed E-state index contributed by atoms with van der Waals surface area (Å²) in [5, 5.41) is 8.72. The fraction of sp³-hybridized carbons (Fsp3) is 0.333. The molecule has 2 amide bonds. The van der Waals surface area contributed by atoms with Crippen molar-refractivity contribution in [2.45, 2.75) is 26.3 Å². The number of imidazole rings is 1. The number of hydrogen-bond donors (Lipinski definition) is 2. The van der Waals surface area contributed by atoms with E-state index in [2.05, 4.69) is 15.8 Å². The lowest BCUT2D eigenvalue weighted by Crippen LogP contribution is -2.49. The molecule has 0 fully saturated rings. The van der Waals surface area contributed by atoms with Crippen LogP contribution in [0.3, 0.4) is 0 Å². The van der Waals surface area contributed by atoms with Crippen molar-refractivity contribution in [1.29, 1.82) is 0 Å². The van der Waals surface area contributed by atoms with Gasteiger partial charge in [-0.15, -0.1) is 11.3 Å². The lowest BCUT2D eigenvalue weighted by Gasteiger charge is -2.20. The molecule has 30 heavy (non-hydrogen) atoms. The second kappa shape index (κ2) is 9.08. The average Bonchev–Trinajstić information content (AvgIpc) is 3.29. The van der Waals surface area contributed by atoms with Gasteiger partial charge in [0, 0.05) is 19.0 Å². The van der Waals surface area contributed by atoms with Crippen LogP contribution in [0, 0.1) is 5.92 Å². The summed E-state index contributed by atoms with van der Waals surface area (Å²) in [6.45, 7) is 3.73. The minimum atomic E-state index is -0.688. The van der Waals surface area contributed by atoms with Gasteiger partial charge in [0.1, 0.15) is 6.04 Å². The van der Waals surface area contributed by atoms with Gasteiger partial charge in [-0.05, 0) is 35.1 Å².